The van der Waals surface area contributed by atoms with E-state index in [-0.39, 0.29) is 12.3 Å². The van der Waals surface area contributed by atoms with E-state index < -0.39 is 10.8 Å². The van der Waals surface area contributed by atoms with Gasteiger partial charge in [-0.1, -0.05) is 6.07 Å². The van der Waals surface area contributed by atoms with Crippen LogP contribution in [-0.2, 0) is 4.79 Å². The summed E-state index contributed by atoms with van der Waals surface area (Å²) in [7, 11) is 0. The normalized spacial score (nSPS) is 11.2. The summed E-state index contributed by atoms with van der Waals surface area (Å²) in [5.74, 6) is 0.210. The predicted octanol–water partition coefficient (Wildman–Crippen LogP) is 3.19. The molecule has 24 heavy (non-hydrogen) atoms. The molecule has 0 atom stereocenters. The summed E-state index contributed by atoms with van der Waals surface area (Å²) >= 11 is 1.20. The quantitative estimate of drug-likeness (QED) is 0.493. The standard InChI is InChI=1S/C16H17N3O4S/c1-10-4-5-14(6-11(10)2)23-8-16(20)18-17-12(3)15-7-13(9-24-15)19(21)22/h4-7,9H,8H2,1-3H3,(H,18,20). The van der Waals surface area contributed by atoms with E-state index in [1.807, 2.05) is 26.0 Å². The van der Waals surface area contributed by atoms with Gasteiger partial charge in [-0.05, 0) is 44.0 Å². The average molecular weight is 347 g/mol. The Morgan fingerprint density at radius 1 is 1.33 bits per heavy atom. The van der Waals surface area contributed by atoms with Crippen LogP contribution >= 0.6 is 11.3 Å². The molecule has 7 nitrogen and oxygen atoms in total. The monoisotopic (exact) mass is 347 g/mol. The second-order valence-electron chi connectivity index (χ2n) is 5.19. The van der Waals surface area contributed by atoms with E-state index in [2.05, 4.69) is 10.5 Å². The van der Waals surface area contributed by atoms with E-state index in [4.69, 9.17) is 4.74 Å². The molecule has 0 saturated heterocycles. The summed E-state index contributed by atoms with van der Waals surface area (Å²) in [5, 5.41) is 16.0. The van der Waals surface area contributed by atoms with Crippen molar-refractivity contribution in [3.05, 3.63) is 55.8 Å². The molecule has 2 aromatic rings. The number of nitrogens with zero attached hydrogens (tertiary/aromatic N) is 2. The lowest BCUT2D eigenvalue weighted by Crippen LogP contribution is -2.25. The number of ether oxygens (including phenoxy) is 1. The highest BCUT2D eigenvalue weighted by molar-refractivity contribution is 7.12. The molecule has 126 valence electrons. The lowest BCUT2D eigenvalue weighted by Gasteiger charge is -2.07. The van der Waals surface area contributed by atoms with E-state index in [9.17, 15) is 14.9 Å². The van der Waals surface area contributed by atoms with Crippen LogP contribution in [0, 0.1) is 24.0 Å². The van der Waals surface area contributed by atoms with Crippen molar-refractivity contribution in [2.45, 2.75) is 20.8 Å². The number of benzene rings is 1. The summed E-state index contributed by atoms with van der Waals surface area (Å²) < 4.78 is 5.41. The SMILES string of the molecule is CC(=NNC(=O)COc1ccc(C)c(C)c1)c1cc([N+](=O)[O-])cs1. The largest absolute Gasteiger partial charge is 0.484 e. The van der Waals surface area contributed by atoms with Gasteiger partial charge in [0.25, 0.3) is 11.6 Å². The van der Waals surface area contributed by atoms with Crippen LogP contribution in [0.1, 0.15) is 22.9 Å². The van der Waals surface area contributed by atoms with Gasteiger partial charge in [-0.2, -0.15) is 5.10 Å². The van der Waals surface area contributed by atoms with E-state index in [0.29, 0.717) is 16.3 Å². The number of nitro groups is 1. The molecule has 0 aliphatic rings. The molecule has 0 spiro atoms. The third-order valence-electron chi connectivity index (χ3n) is 3.35. The first-order valence-corrected chi connectivity index (χ1v) is 8.01. The highest BCUT2D eigenvalue weighted by atomic mass is 32.1. The van der Waals surface area contributed by atoms with Crippen LogP contribution in [0.2, 0.25) is 0 Å². The Balaban J connectivity index is 1.89. The highest BCUT2D eigenvalue weighted by Gasteiger charge is 2.11. The molecular formula is C16H17N3O4S. The number of nitrogens with one attached hydrogen (secondary N) is 1. The molecule has 0 aliphatic heterocycles. The first-order chi connectivity index (χ1) is 11.4. The summed E-state index contributed by atoms with van der Waals surface area (Å²) in [5.41, 5.74) is 5.11. The Kier molecular flexibility index (Phi) is 5.64. The van der Waals surface area contributed by atoms with Gasteiger partial charge >= 0.3 is 0 Å². The zero-order valence-corrected chi connectivity index (χ0v) is 14.3. The fourth-order valence-corrected chi connectivity index (χ4v) is 2.60. The molecule has 0 bridgehead atoms. The highest BCUT2D eigenvalue weighted by Crippen LogP contribution is 2.21. The van der Waals surface area contributed by atoms with Crippen molar-refractivity contribution in [3.63, 3.8) is 0 Å². The van der Waals surface area contributed by atoms with Gasteiger partial charge in [0.1, 0.15) is 5.75 Å². The maximum atomic E-state index is 11.8. The third-order valence-corrected chi connectivity index (χ3v) is 4.38. The zero-order chi connectivity index (χ0) is 17.7. The summed E-state index contributed by atoms with van der Waals surface area (Å²) in [4.78, 5) is 22.6. The van der Waals surface area contributed by atoms with Crippen LogP contribution in [0.3, 0.4) is 0 Å². The number of hydrogen-bond donors (Lipinski definition) is 1. The molecule has 1 N–H and O–H groups in total. The third kappa shape index (κ3) is 4.63. The van der Waals surface area contributed by atoms with Crippen LogP contribution in [0.25, 0.3) is 0 Å². The molecule has 1 heterocycles. The minimum atomic E-state index is -0.469. The maximum absolute atomic E-state index is 11.8. The molecule has 0 saturated carbocycles. The van der Waals surface area contributed by atoms with Gasteiger partial charge < -0.3 is 4.74 Å². The lowest BCUT2D eigenvalue weighted by molar-refractivity contribution is -0.384. The number of hydrazone groups is 1. The summed E-state index contributed by atoms with van der Waals surface area (Å²) in [6.07, 6.45) is 0. The fraction of sp³-hybridized carbons (Fsp3) is 0.250. The fourth-order valence-electron chi connectivity index (χ4n) is 1.80. The van der Waals surface area contributed by atoms with Crippen molar-refractivity contribution in [1.82, 2.24) is 5.43 Å². The van der Waals surface area contributed by atoms with Crippen LogP contribution in [0.15, 0.2) is 34.7 Å². The summed E-state index contributed by atoms with van der Waals surface area (Å²) in [6.45, 7) is 5.47. The molecule has 0 fully saturated rings. The van der Waals surface area contributed by atoms with Crippen molar-refractivity contribution < 1.29 is 14.5 Å². The second-order valence-corrected chi connectivity index (χ2v) is 6.10. The number of aryl methyl sites for hydroxylation is 2. The van der Waals surface area contributed by atoms with E-state index in [0.717, 1.165) is 11.1 Å². The lowest BCUT2D eigenvalue weighted by atomic mass is 10.1. The van der Waals surface area contributed by atoms with Gasteiger partial charge in [0, 0.05) is 6.07 Å². The van der Waals surface area contributed by atoms with Crippen LogP contribution in [0.5, 0.6) is 5.75 Å². The molecule has 8 heteroatoms. The number of carbonyl (C=O) groups excluding carboxylic acids is 1. The molecule has 0 radical (unpaired) electrons. The number of rotatable bonds is 6. The topological polar surface area (TPSA) is 93.8 Å². The van der Waals surface area contributed by atoms with Crippen LogP contribution in [-0.4, -0.2) is 23.1 Å². The zero-order valence-electron chi connectivity index (χ0n) is 13.5. The average Bonchev–Trinajstić information content (AvgIpc) is 3.04. The molecule has 0 unspecified atom stereocenters. The van der Waals surface area contributed by atoms with Crippen LogP contribution in [0.4, 0.5) is 5.69 Å². The number of amides is 1. The molecule has 1 aromatic carbocycles. The van der Waals surface area contributed by atoms with Crippen molar-refractivity contribution in [1.29, 1.82) is 0 Å². The van der Waals surface area contributed by atoms with Gasteiger partial charge in [-0.3, -0.25) is 14.9 Å². The van der Waals surface area contributed by atoms with E-state index in [1.54, 1.807) is 13.0 Å². The van der Waals surface area contributed by atoms with E-state index in [1.165, 1.54) is 22.8 Å². The Bertz CT molecular complexity index is 798. The van der Waals surface area contributed by atoms with Crippen LogP contribution < -0.4 is 10.2 Å². The Morgan fingerprint density at radius 2 is 2.08 bits per heavy atom. The van der Waals surface area contributed by atoms with Crippen molar-refractivity contribution in [2.24, 2.45) is 5.10 Å². The number of thiophene rings is 1. The van der Waals surface area contributed by atoms with Crippen molar-refractivity contribution >= 4 is 28.6 Å². The number of hydrogen-bond acceptors (Lipinski definition) is 6. The number of carbonyl (C=O) groups is 1. The maximum Gasteiger partial charge on any atom is 0.280 e. The smallest absolute Gasteiger partial charge is 0.280 e. The first-order valence-electron chi connectivity index (χ1n) is 7.13. The first kappa shape index (κ1) is 17.6. The molecule has 2 rings (SSSR count). The Morgan fingerprint density at radius 3 is 2.71 bits per heavy atom. The molecular weight excluding hydrogens is 330 g/mol. The Labute approximate surface area is 143 Å². The van der Waals surface area contributed by atoms with Crippen molar-refractivity contribution in [2.75, 3.05) is 6.61 Å². The predicted molar refractivity (Wildman–Crippen MR) is 92.7 cm³/mol. The van der Waals surface area contributed by atoms with Crippen molar-refractivity contribution in [3.8, 4) is 5.75 Å². The second kappa shape index (κ2) is 7.69. The Hall–Kier alpha value is -2.74. The minimum Gasteiger partial charge on any atom is -0.484 e. The summed E-state index contributed by atoms with van der Waals surface area (Å²) in [6, 6.07) is 7.01. The molecule has 0 aliphatic carbocycles. The van der Waals surface area contributed by atoms with Gasteiger partial charge in [0.15, 0.2) is 6.61 Å². The van der Waals surface area contributed by atoms with E-state index >= 15 is 0 Å². The minimum absolute atomic E-state index is 0.00829. The molecule has 1 aromatic heterocycles. The van der Waals surface area contributed by atoms with Gasteiger partial charge in [0.05, 0.1) is 20.9 Å². The molecule has 1 amide bonds. The van der Waals surface area contributed by atoms with Gasteiger partial charge in [0.2, 0.25) is 0 Å². The van der Waals surface area contributed by atoms with Gasteiger partial charge in [-0.15, -0.1) is 11.3 Å². The van der Waals surface area contributed by atoms with Gasteiger partial charge in [-0.25, -0.2) is 5.43 Å².